The van der Waals surface area contributed by atoms with Crippen LogP contribution in [-0.4, -0.2) is 61.3 Å². The number of para-hydroxylation sites is 1. The first kappa shape index (κ1) is 26.3. The van der Waals surface area contributed by atoms with Crippen LogP contribution in [0.4, 0.5) is 26.3 Å². The van der Waals surface area contributed by atoms with Crippen molar-refractivity contribution in [1.82, 2.24) is 9.80 Å². The van der Waals surface area contributed by atoms with Gasteiger partial charge in [-0.15, -0.1) is 0 Å². The molecule has 2 aromatic carbocycles. The Morgan fingerprint density at radius 1 is 0.882 bits per heavy atom. The van der Waals surface area contributed by atoms with Crippen LogP contribution in [0.15, 0.2) is 42.5 Å². The highest BCUT2D eigenvalue weighted by molar-refractivity contribution is 5.42. The molecule has 0 spiro atoms. The third-order valence-corrected chi connectivity index (χ3v) is 6.37. The van der Waals surface area contributed by atoms with E-state index in [2.05, 4.69) is 9.80 Å². The highest BCUT2D eigenvalue weighted by Gasteiger charge is 2.41. The zero-order chi connectivity index (χ0) is 25.1. The van der Waals surface area contributed by atoms with Gasteiger partial charge in [0.25, 0.3) is 0 Å². The molecule has 0 aliphatic carbocycles. The van der Waals surface area contributed by atoms with E-state index in [9.17, 15) is 31.4 Å². The van der Waals surface area contributed by atoms with E-state index in [-0.39, 0.29) is 24.7 Å². The Labute approximate surface area is 194 Å². The first-order valence-electron chi connectivity index (χ1n) is 10.9. The van der Waals surface area contributed by atoms with E-state index < -0.39 is 29.0 Å². The largest absolute Gasteiger partial charge is 0.496 e. The van der Waals surface area contributed by atoms with Gasteiger partial charge in [-0.1, -0.05) is 18.2 Å². The summed E-state index contributed by atoms with van der Waals surface area (Å²) in [5, 5.41) is 9.21. The molecule has 1 atom stereocenters. The van der Waals surface area contributed by atoms with Gasteiger partial charge in [-0.25, -0.2) is 0 Å². The average Bonchev–Trinajstić information content (AvgIpc) is 2.78. The predicted octanol–water partition coefficient (Wildman–Crippen LogP) is 4.80. The van der Waals surface area contributed by atoms with Crippen molar-refractivity contribution >= 4 is 0 Å². The summed E-state index contributed by atoms with van der Waals surface area (Å²) >= 11 is 0. The molecule has 0 bridgehead atoms. The summed E-state index contributed by atoms with van der Waals surface area (Å²) in [5.74, 6) is 0.505. The Kier molecular flexibility index (Phi) is 7.84. The van der Waals surface area contributed by atoms with Crippen LogP contribution >= 0.6 is 0 Å². The second kappa shape index (κ2) is 10.1. The molecule has 1 unspecified atom stereocenters. The molecule has 1 aliphatic heterocycles. The summed E-state index contributed by atoms with van der Waals surface area (Å²) in [6.07, 6.45) is -9.90. The van der Waals surface area contributed by atoms with E-state index in [0.29, 0.717) is 44.0 Å². The smallest absolute Gasteiger partial charge is 0.416 e. The Balaban J connectivity index is 2.08. The molecule has 0 aromatic heterocycles. The van der Waals surface area contributed by atoms with Crippen molar-refractivity contribution < 1.29 is 36.2 Å². The molecule has 0 amide bonds. The molecular weight excluding hydrogens is 462 g/mol. The molecule has 3 rings (SSSR count). The van der Waals surface area contributed by atoms with Crippen LogP contribution < -0.4 is 4.74 Å². The number of hydrogen-bond donors (Lipinski definition) is 1. The van der Waals surface area contributed by atoms with E-state index in [1.165, 1.54) is 7.11 Å². The number of hydrogen-bond acceptors (Lipinski definition) is 4. The molecule has 2 aromatic rings. The minimum Gasteiger partial charge on any atom is -0.496 e. The number of alkyl halides is 6. The Morgan fingerprint density at radius 3 is 1.94 bits per heavy atom. The van der Waals surface area contributed by atoms with Gasteiger partial charge in [0.05, 0.1) is 30.4 Å². The van der Waals surface area contributed by atoms with Gasteiger partial charge in [0.1, 0.15) is 5.75 Å². The average molecular weight is 490 g/mol. The molecule has 10 heteroatoms. The molecular formula is C24H28F6N2O2. The van der Waals surface area contributed by atoms with Crippen LogP contribution in [0.1, 0.15) is 29.2 Å². The van der Waals surface area contributed by atoms with Crippen LogP contribution in [0.25, 0.3) is 0 Å². The van der Waals surface area contributed by atoms with Gasteiger partial charge in [-0.2, -0.15) is 26.3 Å². The molecule has 1 aliphatic rings. The van der Waals surface area contributed by atoms with Gasteiger partial charge in [0.15, 0.2) is 0 Å². The fourth-order valence-corrected chi connectivity index (χ4v) is 4.59. The van der Waals surface area contributed by atoms with Gasteiger partial charge >= 0.3 is 12.4 Å². The van der Waals surface area contributed by atoms with Crippen molar-refractivity contribution in [2.24, 2.45) is 0 Å². The van der Waals surface area contributed by atoms with Crippen molar-refractivity contribution in [3.8, 4) is 5.75 Å². The summed E-state index contributed by atoms with van der Waals surface area (Å²) in [6.45, 7) is 4.61. The predicted molar refractivity (Wildman–Crippen MR) is 116 cm³/mol. The van der Waals surface area contributed by atoms with Crippen LogP contribution in [0.5, 0.6) is 5.75 Å². The maximum absolute atomic E-state index is 13.5. The second-order valence-electron chi connectivity index (χ2n) is 8.62. The number of ether oxygens (including phenoxy) is 1. The number of nitrogens with zero attached hydrogens (tertiary/aromatic N) is 2. The lowest BCUT2D eigenvalue weighted by molar-refractivity contribution is -0.143. The van der Waals surface area contributed by atoms with Crippen LogP contribution in [0.2, 0.25) is 0 Å². The number of methoxy groups -OCH3 is 1. The van der Waals surface area contributed by atoms with E-state index in [1.54, 1.807) is 24.3 Å². The maximum atomic E-state index is 13.5. The standard InChI is InChI=1S/C24H28F6N2O2/c1-22(20-5-3-4-6-21(20)34-2,32-9-7-31(8-10-32)11-12-33)16-17-13-18(23(25,26)27)15-19(14-17)24(28,29)30/h3-6,13-15,33H,7-12,16H2,1-2H3. The van der Waals surface area contributed by atoms with Crippen molar-refractivity contribution in [3.63, 3.8) is 0 Å². The van der Waals surface area contributed by atoms with Crippen molar-refractivity contribution in [1.29, 1.82) is 0 Å². The molecule has 0 saturated carbocycles. The van der Waals surface area contributed by atoms with Gasteiger partial charge < -0.3 is 9.84 Å². The summed E-state index contributed by atoms with van der Waals surface area (Å²) in [4.78, 5) is 4.12. The lowest BCUT2D eigenvalue weighted by Crippen LogP contribution is -2.55. The van der Waals surface area contributed by atoms with E-state index >= 15 is 0 Å². The van der Waals surface area contributed by atoms with Gasteiger partial charge in [-0.3, -0.25) is 9.80 Å². The van der Waals surface area contributed by atoms with E-state index in [4.69, 9.17) is 4.74 Å². The fourth-order valence-electron chi connectivity index (χ4n) is 4.59. The minimum absolute atomic E-state index is 0.00816. The molecule has 188 valence electrons. The summed E-state index contributed by atoms with van der Waals surface area (Å²) in [5.41, 5.74) is -2.97. The molecule has 0 radical (unpaired) electrons. The van der Waals surface area contributed by atoms with E-state index in [0.717, 1.165) is 12.1 Å². The van der Waals surface area contributed by atoms with Crippen molar-refractivity contribution in [2.75, 3.05) is 46.4 Å². The molecule has 4 nitrogen and oxygen atoms in total. The number of aliphatic hydroxyl groups is 1. The Bertz CT molecular complexity index is 938. The third kappa shape index (κ3) is 5.84. The lowest BCUT2D eigenvalue weighted by atomic mass is 9.82. The fraction of sp³-hybridized carbons (Fsp3) is 0.500. The summed E-state index contributed by atoms with van der Waals surface area (Å²) < 4.78 is 86.2. The van der Waals surface area contributed by atoms with Gasteiger partial charge in [-0.05, 0) is 43.2 Å². The molecule has 1 fully saturated rings. The molecule has 1 heterocycles. The third-order valence-electron chi connectivity index (χ3n) is 6.37. The summed E-state index contributed by atoms with van der Waals surface area (Å²) in [7, 11) is 1.48. The van der Waals surface area contributed by atoms with Crippen LogP contribution in [0, 0.1) is 0 Å². The number of aliphatic hydroxyl groups excluding tert-OH is 1. The lowest BCUT2D eigenvalue weighted by Gasteiger charge is -2.47. The van der Waals surface area contributed by atoms with Crippen molar-refractivity contribution in [2.45, 2.75) is 31.2 Å². The Hall–Kier alpha value is -2.30. The quantitative estimate of drug-likeness (QED) is 0.566. The topological polar surface area (TPSA) is 35.9 Å². The highest BCUT2D eigenvalue weighted by Crippen LogP contribution is 2.41. The zero-order valence-corrected chi connectivity index (χ0v) is 19.0. The number of piperazine rings is 1. The zero-order valence-electron chi connectivity index (χ0n) is 19.0. The number of β-amino-alcohol motifs (C(OH)–C–C–N with tert-alkyl or cyclic N) is 1. The molecule has 34 heavy (non-hydrogen) atoms. The Morgan fingerprint density at radius 2 is 1.44 bits per heavy atom. The summed E-state index contributed by atoms with van der Waals surface area (Å²) in [6, 6.07) is 8.78. The maximum Gasteiger partial charge on any atom is 0.416 e. The number of halogens is 6. The van der Waals surface area contributed by atoms with Crippen LogP contribution in [0.3, 0.4) is 0 Å². The van der Waals surface area contributed by atoms with Gasteiger partial charge in [0.2, 0.25) is 0 Å². The first-order valence-corrected chi connectivity index (χ1v) is 10.9. The second-order valence-corrected chi connectivity index (χ2v) is 8.62. The molecule has 1 saturated heterocycles. The monoisotopic (exact) mass is 490 g/mol. The minimum atomic E-state index is -4.91. The normalized spacial score (nSPS) is 18.0. The number of benzene rings is 2. The van der Waals surface area contributed by atoms with E-state index in [1.807, 2.05) is 6.92 Å². The van der Waals surface area contributed by atoms with Crippen molar-refractivity contribution in [3.05, 3.63) is 64.7 Å². The van der Waals surface area contributed by atoms with Crippen LogP contribution in [-0.2, 0) is 24.3 Å². The number of rotatable bonds is 7. The molecule has 1 N–H and O–H groups in total. The van der Waals surface area contributed by atoms with Gasteiger partial charge in [0, 0.05) is 38.3 Å². The first-order chi connectivity index (χ1) is 15.9. The SMILES string of the molecule is COc1ccccc1C(C)(Cc1cc(C(F)(F)F)cc(C(F)(F)F)c1)N1CCN(CCO)CC1. The highest BCUT2D eigenvalue weighted by atomic mass is 19.4.